The first-order valence-electron chi connectivity index (χ1n) is 10.1. The number of nitrogens with zero attached hydrogens (tertiary/aromatic N) is 2. The van der Waals surface area contributed by atoms with E-state index in [0.717, 1.165) is 17.2 Å². The predicted octanol–water partition coefficient (Wildman–Crippen LogP) is 3.63. The van der Waals surface area contributed by atoms with Crippen LogP contribution in [0, 0.1) is 6.92 Å². The molecule has 1 amide bonds. The second-order valence-corrected chi connectivity index (χ2v) is 7.90. The molecule has 0 atom stereocenters. The van der Waals surface area contributed by atoms with Crippen LogP contribution in [0.5, 0.6) is 11.5 Å². The van der Waals surface area contributed by atoms with Crippen LogP contribution >= 0.6 is 11.8 Å². The van der Waals surface area contributed by atoms with Crippen LogP contribution < -0.4 is 20.3 Å². The van der Waals surface area contributed by atoms with Crippen molar-refractivity contribution in [3.8, 4) is 17.2 Å². The number of benzene rings is 2. The Morgan fingerprint density at radius 1 is 1.03 bits per heavy atom. The van der Waals surface area contributed by atoms with Crippen molar-refractivity contribution in [3.05, 3.63) is 70.6 Å². The summed E-state index contributed by atoms with van der Waals surface area (Å²) in [6.07, 6.45) is 0. The smallest absolute Gasteiger partial charge is 0.295 e. The Labute approximate surface area is 186 Å². The Bertz CT molecular complexity index is 1060. The first-order valence-corrected chi connectivity index (χ1v) is 11.2. The van der Waals surface area contributed by atoms with E-state index in [4.69, 9.17) is 9.47 Å². The van der Waals surface area contributed by atoms with Gasteiger partial charge in [-0.15, -0.1) is 11.8 Å². The van der Waals surface area contributed by atoms with Crippen LogP contribution in [0.3, 0.4) is 0 Å². The highest BCUT2D eigenvalue weighted by Crippen LogP contribution is 2.18. The lowest BCUT2D eigenvalue weighted by molar-refractivity contribution is -0.113. The lowest BCUT2D eigenvalue weighted by Gasteiger charge is -2.08. The normalized spacial score (nSPS) is 10.7. The fraction of sp³-hybridized carbons (Fsp3) is 0.304. The van der Waals surface area contributed by atoms with Gasteiger partial charge in [-0.1, -0.05) is 18.2 Å². The number of rotatable bonds is 10. The van der Waals surface area contributed by atoms with Crippen molar-refractivity contribution in [1.82, 2.24) is 9.36 Å². The number of amides is 1. The lowest BCUT2D eigenvalue weighted by atomic mass is 10.3. The molecular weight excluding hydrogens is 414 g/mol. The number of hydrogen-bond acceptors (Lipinski definition) is 5. The fourth-order valence-electron chi connectivity index (χ4n) is 3.07. The Kier molecular flexibility index (Phi) is 7.83. The standard InChI is InChI=1S/C23H27N3O4S/c1-4-29-19-10-12-20(13-11-19)30-14-15-31-16-21(27)24-22-17(2)25(3)26(23(22)28)18-8-6-5-7-9-18/h5-13H,4,14-16H2,1-3H3,(H,24,27). The molecule has 0 saturated carbocycles. The highest BCUT2D eigenvalue weighted by Gasteiger charge is 2.17. The van der Waals surface area contributed by atoms with Gasteiger partial charge in [-0.3, -0.25) is 14.3 Å². The van der Waals surface area contributed by atoms with Gasteiger partial charge in [0.15, 0.2) is 0 Å². The second kappa shape index (κ2) is 10.8. The quantitative estimate of drug-likeness (QED) is 0.486. The topological polar surface area (TPSA) is 74.5 Å². The molecule has 0 aliphatic rings. The van der Waals surface area contributed by atoms with E-state index in [2.05, 4.69) is 5.32 Å². The maximum atomic E-state index is 12.8. The summed E-state index contributed by atoms with van der Waals surface area (Å²) in [4.78, 5) is 25.2. The van der Waals surface area contributed by atoms with Crippen LogP contribution in [-0.4, -0.2) is 40.0 Å². The minimum atomic E-state index is -0.247. The average molecular weight is 442 g/mol. The third-order valence-electron chi connectivity index (χ3n) is 4.68. The molecule has 0 radical (unpaired) electrons. The maximum absolute atomic E-state index is 12.8. The maximum Gasteiger partial charge on any atom is 0.295 e. The first-order chi connectivity index (χ1) is 15.0. The minimum absolute atomic E-state index is 0.211. The van der Waals surface area contributed by atoms with E-state index in [-0.39, 0.29) is 17.2 Å². The van der Waals surface area contributed by atoms with Crippen LogP contribution in [0.2, 0.25) is 0 Å². The van der Waals surface area contributed by atoms with E-state index in [1.54, 1.807) is 16.4 Å². The molecule has 3 rings (SSSR count). The highest BCUT2D eigenvalue weighted by molar-refractivity contribution is 7.99. The molecule has 1 aromatic heterocycles. The van der Waals surface area contributed by atoms with Crippen LogP contribution in [-0.2, 0) is 11.8 Å². The van der Waals surface area contributed by atoms with Crippen molar-refractivity contribution in [2.75, 3.05) is 30.0 Å². The molecule has 1 N–H and O–H groups in total. The van der Waals surface area contributed by atoms with E-state index in [9.17, 15) is 9.59 Å². The average Bonchev–Trinajstić information content (AvgIpc) is 2.98. The van der Waals surface area contributed by atoms with Crippen molar-refractivity contribution in [2.24, 2.45) is 7.05 Å². The van der Waals surface area contributed by atoms with Crippen LogP contribution in [0.1, 0.15) is 12.6 Å². The van der Waals surface area contributed by atoms with Gasteiger partial charge in [0.1, 0.15) is 17.2 Å². The number of thioether (sulfide) groups is 1. The summed E-state index contributed by atoms with van der Waals surface area (Å²) in [6.45, 7) is 4.86. The van der Waals surface area contributed by atoms with Gasteiger partial charge >= 0.3 is 0 Å². The van der Waals surface area contributed by atoms with E-state index >= 15 is 0 Å². The van der Waals surface area contributed by atoms with Gasteiger partial charge in [-0.05, 0) is 50.2 Å². The molecule has 0 fully saturated rings. The second-order valence-electron chi connectivity index (χ2n) is 6.79. The Morgan fingerprint density at radius 2 is 1.68 bits per heavy atom. The molecule has 0 bridgehead atoms. The van der Waals surface area contributed by atoms with Gasteiger partial charge in [0.25, 0.3) is 5.56 Å². The largest absolute Gasteiger partial charge is 0.494 e. The summed E-state index contributed by atoms with van der Waals surface area (Å²) in [5, 5.41) is 2.77. The number of hydrogen-bond donors (Lipinski definition) is 1. The molecule has 7 nitrogen and oxygen atoms in total. The van der Waals surface area contributed by atoms with Gasteiger partial charge in [-0.25, -0.2) is 4.68 Å². The molecule has 2 aromatic carbocycles. The van der Waals surface area contributed by atoms with Gasteiger partial charge in [0, 0.05) is 12.8 Å². The molecule has 1 heterocycles. The number of nitrogens with one attached hydrogen (secondary N) is 1. The molecular formula is C23H27N3O4S. The molecule has 31 heavy (non-hydrogen) atoms. The van der Waals surface area contributed by atoms with Crippen LogP contribution in [0.25, 0.3) is 5.69 Å². The SMILES string of the molecule is CCOc1ccc(OCCSCC(=O)Nc2c(C)n(C)n(-c3ccccc3)c2=O)cc1. The summed E-state index contributed by atoms with van der Waals surface area (Å²) < 4.78 is 14.4. The van der Waals surface area contributed by atoms with Crippen molar-refractivity contribution in [2.45, 2.75) is 13.8 Å². The van der Waals surface area contributed by atoms with Crippen molar-refractivity contribution >= 4 is 23.4 Å². The van der Waals surface area contributed by atoms with Gasteiger partial charge in [0.05, 0.1) is 30.3 Å². The van der Waals surface area contributed by atoms with Crippen molar-refractivity contribution in [3.63, 3.8) is 0 Å². The van der Waals surface area contributed by atoms with Gasteiger partial charge in [0.2, 0.25) is 5.91 Å². The molecule has 0 unspecified atom stereocenters. The number of anilines is 1. The molecule has 0 aliphatic heterocycles. The lowest BCUT2D eigenvalue weighted by Crippen LogP contribution is -2.23. The van der Waals surface area contributed by atoms with Gasteiger partial charge in [-0.2, -0.15) is 0 Å². The number of ether oxygens (including phenoxy) is 2. The zero-order valence-corrected chi connectivity index (χ0v) is 18.8. The number of carbonyl (C=O) groups excluding carboxylic acids is 1. The first kappa shape index (κ1) is 22.6. The number of aromatic nitrogens is 2. The Hall–Kier alpha value is -3.13. The van der Waals surface area contributed by atoms with E-state index in [0.29, 0.717) is 30.3 Å². The molecule has 0 aliphatic carbocycles. The molecule has 0 saturated heterocycles. The summed E-state index contributed by atoms with van der Waals surface area (Å²) in [5.74, 6) is 2.25. The zero-order valence-electron chi connectivity index (χ0n) is 18.0. The van der Waals surface area contributed by atoms with E-state index in [1.165, 1.54) is 11.8 Å². The molecule has 3 aromatic rings. The monoisotopic (exact) mass is 441 g/mol. The predicted molar refractivity (Wildman–Crippen MR) is 125 cm³/mol. The Balaban J connectivity index is 1.48. The summed E-state index contributed by atoms with van der Waals surface area (Å²) >= 11 is 1.45. The molecule has 0 spiro atoms. The van der Waals surface area contributed by atoms with Crippen molar-refractivity contribution in [1.29, 1.82) is 0 Å². The third kappa shape index (κ3) is 5.73. The highest BCUT2D eigenvalue weighted by atomic mass is 32.2. The van der Waals surface area contributed by atoms with Crippen molar-refractivity contribution < 1.29 is 14.3 Å². The Morgan fingerprint density at radius 3 is 2.32 bits per heavy atom. The molecule has 8 heteroatoms. The number of carbonyl (C=O) groups is 1. The zero-order chi connectivity index (χ0) is 22.2. The summed E-state index contributed by atoms with van der Waals surface area (Å²) in [7, 11) is 1.80. The number of para-hydroxylation sites is 1. The summed E-state index contributed by atoms with van der Waals surface area (Å²) in [5.41, 5.74) is 1.51. The van der Waals surface area contributed by atoms with Crippen LogP contribution in [0.4, 0.5) is 5.69 Å². The minimum Gasteiger partial charge on any atom is -0.494 e. The third-order valence-corrected chi connectivity index (χ3v) is 5.60. The van der Waals surface area contributed by atoms with E-state index < -0.39 is 0 Å². The van der Waals surface area contributed by atoms with Gasteiger partial charge < -0.3 is 14.8 Å². The fourth-order valence-corrected chi connectivity index (χ4v) is 3.67. The van der Waals surface area contributed by atoms with Crippen LogP contribution in [0.15, 0.2) is 59.4 Å². The molecule has 164 valence electrons. The summed E-state index contributed by atoms with van der Waals surface area (Å²) in [6, 6.07) is 16.8. The van der Waals surface area contributed by atoms with E-state index in [1.807, 2.05) is 68.4 Å².